The Labute approximate surface area is 106 Å². The van der Waals surface area contributed by atoms with Crippen molar-refractivity contribution >= 4 is 22.6 Å². The maximum Gasteiger partial charge on any atom is 0.152 e. The Morgan fingerprint density at radius 2 is 2.18 bits per heavy atom. The monoisotopic (exact) mass is 252 g/mol. The zero-order valence-corrected chi connectivity index (χ0v) is 11.1. The molecule has 1 aromatic heterocycles. The van der Waals surface area contributed by atoms with Gasteiger partial charge < -0.3 is 14.6 Å². The van der Waals surface area contributed by atoms with Gasteiger partial charge in [-0.05, 0) is 33.3 Å². The molecule has 2 rings (SSSR count). The van der Waals surface area contributed by atoms with Crippen LogP contribution >= 0.6 is 11.6 Å². The largest absolute Gasteiger partial charge is 0.458 e. The molecule has 0 aliphatic carbocycles. The average molecular weight is 253 g/mol. The number of furan rings is 1. The third-order valence-corrected chi connectivity index (χ3v) is 3.05. The molecule has 0 spiro atoms. The Bertz CT molecular complexity index is 507. The van der Waals surface area contributed by atoms with Crippen LogP contribution in [0.4, 0.5) is 0 Å². The topological polar surface area (TPSA) is 28.4 Å². The first-order valence-electron chi connectivity index (χ1n) is 5.61. The Kier molecular flexibility index (Phi) is 3.72. The minimum absolute atomic E-state index is 0.175. The third-order valence-electron chi connectivity index (χ3n) is 2.75. The minimum Gasteiger partial charge on any atom is -0.458 e. The van der Waals surface area contributed by atoms with Crippen molar-refractivity contribution < 1.29 is 4.42 Å². The molecule has 1 unspecified atom stereocenters. The fourth-order valence-electron chi connectivity index (χ4n) is 1.91. The number of hydrogen-bond acceptors (Lipinski definition) is 3. The maximum atomic E-state index is 6.10. The lowest BCUT2D eigenvalue weighted by atomic mass is 10.2. The van der Waals surface area contributed by atoms with E-state index in [4.69, 9.17) is 16.0 Å². The van der Waals surface area contributed by atoms with Crippen molar-refractivity contribution in [2.24, 2.45) is 0 Å². The molecular weight excluding hydrogens is 236 g/mol. The second-order valence-corrected chi connectivity index (χ2v) is 4.82. The van der Waals surface area contributed by atoms with Gasteiger partial charge in [-0.2, -0.15) is 0 Å². The number of likely N-dealkylation sites (N-methyl/N-ethyl adjacent to an activating group) is 2. The van der Waals surface area contributed by atoms with Crippen molar-refractivity contribution in [2.45, 2.75) is 6.04 Å². The number of para-hydroxylation sites is 1. The van der Waals surface area contributed by atoms with E-state index >= 15 is 0 Å². The first-order chi connectivity index (χ1) is 8.11. The summed E-state index contributed by atoms with van der Waals surface area (Å²) >= 11 is 6.10. The minimum atomic E-state index is 0.175. The van der Waals surface area contributed by atoms with Crippen molar-refractivity contribution in [3.63, 3.8) is 0 Å². The van der Waals surface area contributed by atoms with Gasteiger partial charge in [-0.15, -0.1) is 0 Å². The lowest BCUT2D eigenvalue weighted by molar-refractivity contribution is 0.324. The summed E-state index contributed by atoms with van der Waals surface area (Å²) in [6.07, 6.45) is 0. The standard InChI is InChI=1S/C13H17ClN2O/c1-15-11(8-16(2)3)12-7-9-5-4-6-10(14)13(9)17-12/h4-7,11,15H,8H2,1-3H3. The van der Waals surface area contributed by atoms with Crippen molar-refractivity contribution in [1.29, 1.82) is 0 Å². The highest BCUT2D eigenvalue weighted by Gasteiger charge is 2.16. The molecule has 0 saturated heterocycles. The molecule has 1 aromatic carbocycles. The van der Waals surface area contributed by atoms with E-state index in [1.165, 1.54) is 0 Å². The molecule has 0 aliphatic heterocycles. The van der Waals surface area contributed by atoms with E-state index in [1.54, 1.807) is 0 Å². The molecule has 2 aromatic rings. The predicted molar refractivity (Wildman–Crippen MR) is 71.6 cm³/mol. The summed E-state index contributed by atoms with van der Waals surface area (Å²) in [6.45, 7) is 0.883. The highest BCUT2D eigenvalue weighted by Crippen LogP contribution is 2.29. The maximum absolute atomic E-state index is 6.10. The first kappa shape index (κ1) is 12.4. The van der Waals surface area contributed by atoms with Crippen molar-refractivity contribution in [2.75, 3.05) is 27.7 Å². The van der Waals surface area contributed by atoms with Gasteiger partial charge in [0, 0.05) is 11.9 Å². The number of hydrogen-bond donors (Lipinski definition) is 1. The van der Waals surface area contributed by atoms with Gasteiger partial charge in [0.25, 0.3) is 0 Å². The molecule has 0 saturated carbocycles. The summed E-state index contributed by atoms with van der Waals surface area (Å²) in [5.41, 5.74) is 0.767. The van der Waals surface area contributed by atoms with Gasteiger partial charge in [0.2, 0.25) is 0 Å². The molecule has 4 heteroatoms. The lowest BCUT2D eigenvalue weighted by Crippen LogP contribution is -2.28. The van der Waals surface area contributed by atoms with Gasteiger partial charge in [-0.25, -0.2) is 0 Å². The van der Waals surface area contributed by atoms with E-state index < -0.39 is 0 Å². The summed E-state index contributed by atoms with van der Waals surface area (Å²) in [6, 6.07) is 8.01. The van der Waals surface area contributed by atoms with Crippen LogP contribution in [0.3, 0.4) is 0 Å². The molecule has 0 fully saturated rings. The van der Waals surface area contributed by atoms with E-state index in [9.17, 15) is 0 Å². The van der Waals surface area contributed by atoms with E-state index in [0.29, 0.717) is 5.02 Å². The summed E-state index contributed by atoms with van der Waals surface area (Å²) in [4.78, 5) is 2.12. The van der Waals surface area contributed by atoms with Crippen molar-refractivity contribution in [3.05, 3.63) is 35.0 Å². The van der Waals surface area contributed by atoms with Crippen LogP contribution < -0.4 is 5.32 Å². The molecule has 3 nitrogen and oxygen atoms in total. The number of halogens is 1. The molecule has 0 radical (unpaired) electrons. The van der Waals surface area contributed by atoms with Crippen LogP contribution in [0.15, 0.2) is 28.7 Å². The average Bonchev–Trinajstić information content (AvgIpc) is 2.70. The van der Waals surface area contributed by atoms with Gasteiger partial charge in [0.1, 0.15) is 5.76 Å². The molecule has 17 heavy (non-hydrogen) atoms. The van der Waals surface area contributed by atoms with Gasteiger partial charge in [-0.1, -0.05) is 23.7 Å². The van der Waals surface area contributed by atoms with E-state index in [2.05, 4.69) is 10.2 Å². The lowest BCUT2D eigenvalue weighted by Gasteiger charge is -2.18. The van der Waals surface area contributed by atoms with Gasteiger partial charge >= 0.3 is 0 Å². The fourth-order valence-corrected chi connectivity index (χ4v) is 2.13. The summed E-state index contributed by atoms with van der Waals surface area (Å²) < 4.78 is 5.83. The molecule has 92 valence electrons. The molecule has 1 heterocycles. The molecule has 0 amide bonds. The Morgan fingerprint density at radius 1 is 1.41 bits per heavy atom. The zero-order valence-electron chi connectivity index (χ0n) is 10.3. The third kappa shape index (κ3) is 2.63. The number of rotatable bonds is 4. The van der Waals surface area contributed by atoms with E-state index in [1.807, 2.05) is 45.4 Å². The molecular formula is C13H17ClN2O. The van der Waals surface area contributed by atoms with Gasteiger partial charge in [0.05, 0.1) is 11.1 Å². The SMILES string of the molecule is CNC(CN(C)C)c1cc2cccc(Cl)c2o1. The fraction of sp³-hybridized carbons (Fsp3) is 0.385. The van der Waals surface area contributed by atoms with Crippen LogP contribution in [-0.2, 0) is 0 Å². The van der Waals surface area contributed by atoms with Gasteiger partial charge in [0.15, 0.2) is 5.58 Å². The molecule has 0 aliphatic rings. The molecule has 1 atom stereocenters. The second kappa shape index (κ2) is 5.08. The summed E-state index contributed by atoms with van der Waals surface area (Å²) in [7, 11) is 6.02. The van der Waals surface area contributed by atoms with Crippen molar-refractivity contribution in [3.8, 4) is 0 Å². The number of nitrogens with zero attached hydrogens (tertiary/aromatic N) is 1. The summed E-state index contributed by atoms with van der Waals surface area (Å²) in [5, 5.41) is 4.96. The number of nitrogens with one attached hydrogen (secondary N) is 1. The first-order valence-corrected chi connectivity index (χ1v) is 5.99. The normalized spacial score (nSPS) is 13.5. The van der Waals surface area contributed by atoms with E-state index in [0.717, 1.165) is 23.3 Å². The smallest absolute Gasteiger partial charge is 0.152 e. The molecule has 1 N–H and O–H groups in total. The van der Waals surface area contributed by atoms with Crippen LogP contribution in [0.1, 0.15) is 11.8 Å². The van der Waals surface area contributed by atoms with E-state index in [-0.39, 0.29) is 6.04 Å². The Balaban J connectivity index is 2.37. The molecule has 0 bridgehead atoms. The number of fused-ring (bicyclic) bond motifs is 1. The van der Waals surface area contributed by atoms with Crippen molar-refractivity contribution in [1.82, 2.24) is 10.2 Å². The predicted octanol–water partition coefficient (Wildman–Crippen LogP) is 2.91. The highest BCUT2D eigenvalue weighted by molar-refractivity contribution is 6.34. The second-order valence-electron chi connectivity index (χ2n) is 4.41. The van der Waals surface area contributed by atoms with Crippen LogP contribution in [-0.4, -0.2) is 32.6 Å². The van der Waals surface area contributed by atoms with Gasteiger partial charge in [-0.3, -0.25) is 0 Å². The van der Waals surface area contributed by atoms with Crippen LogP contribution in [0.2, 0.25) is 5.02 Å². The Morgan fingerprint density at radius 3 is 2.76 bits per heavy atom. The zero-order chi connectivity index (χ0) is 12.4. The quantitative estimate of drug-likeness (QED) is 0.907. The van der Waals surface area contributed by atoms with Crippen LogP contribution in [0.5, 0.6) is 0 Å². The van der Waals surface area contributed by atoms with Crippen LogP contribution in [0, 0.1) is 0 Å². The summed E-state index contributed by atoms with van der Waals surface area (Å²) in [5.74, 6) is 0.921. The highest BCUT2D eigenvalue weighted by atomic mass is 35.5. The number of benzene rings is 1. The Hall–Kier alpha value is -1.03. The van der Waals surface area contributed by atoms with Crippen LogP contribution in [0.25, 0.3) is 11.0 Å².